The first-order valence-corrected chi connectivity index (χ1v) is 11.5. The number of likely N-dealkylation sites (N-methyl/N-ethyl adjacent to an activating group) is 1. The molecular formula is C25H27N8+. The van der Waals surface area contributed by atoms with Gasteiger partial charge in [0.05, 0.1) is 0 Å². The molecule has 2 aliphatic heterocycles. The van der Waals surface area contributed by atoms with Crippen molar-refractivity contribution in [1.82, 2.24) is 19.9 Å². The molecule has 2 aromatic carbocycles. The Morgan fingerprint density at radius 3 is 2.82 bits per heavy atom. The first kappa shape index (κ1) is 19.9. The molecule has 2 aromatic heterocycles. The van der Waals surface area contributed by atoms with E-state index in [-0.39, 0.29) is 0 Å². The Morgan fingerprint density at radius 2 is 1.97 bits per heavy atom. The van der Waals surface area contributed by atoms with E-state index < -0.39 is 0 Å². The zero-order chi connectivity index (χ0) is 22.4. The largest absolute Gasteiger partial charge is 0.369 e. The molecule has 0 bridgehead atoms. The summed E-state index contributed by atoms with van der Waals surface area (Å²) < 4.78 is 2.02. The number of aromatic amines is 1. The molecule has 4 aromatic rings. The first-order chi connectivity index (χ1) is 16.2. The number of azo groups is 2. The average molecular weight is 440 g/mol. The minimum absolute atomic E-state index is 0.583. The highest BCUT2D eigenvalue weighted by molar-refractivity contribution is 5.94. The fraction of sp³-hybridized carbons (Fsp3) is 0.280. The van der Waals surface area contributed by atoms with E-state index in [2.05, 4.69) is 86.6 Å². The summed E-state index contributed by atoms with van der Waals surface area (Å²) in [6, 6.07) is 14.8. The lowest BCUT2D eigenvalue weighted by atomic mass is 10.0. The summed E-state index contributed by atoms with van der Waals surface area (Å²) in [4.78, 5) is 17.4. The molecule has 6 rings (SSSR count). The Morgan fingerprint density at radius 1 is 1.09 bits per heavy atom. The lowest BCUT2D eigenvalue weighted by molar-refractivity contribution is -0.521. The van der Waals surface area contributed by atoms with Crippen molar-refractivity contribution in [3.63, 3.8) is 0 Å². The SMILES string of the molecule is CC[N+]1=Nc2ccc(-c3c[nH]c4nc(Nc5cccc(N6CCN(C)CC6)c5)ncc34)cc21. The number of anilines is 3. The summed E-state index contributed by atoms with van der Waals surface area (Å²) in [5.74, 6) is 0.583. The number of aromatic nitrogens is 3. The molecule has 166 valence electrons. The van der Waals surface area contributed by atoms with Crippen LogP contribution in [0.3, 0.4) is 0 Å². The van der Waals surface area contributed by atoms with Gasteiger partial charge in [0.25, 0.3) is 5.69 Å². The Balaban J connectivity index is 1.24. The van der Waals surface area contributed by atoms with E-state index in [1.54, 1.807) is 0 Å². The standard InChI is InChI=1S/C25H26N8/c1-3-33-23-13-17(7-8-22(23)30-33)20-15-26-24-21(20)16-27-25(29-24)28-18-5-4-6-19(14-18)32-11-9-31(2)10-12-32/h4-8,13-16H,3,9-12H2,1-2H3,(H,27,28,29,30)/p+1. The lowest BCUT2D eigenvalue weighted by Gasteiger charge is -2.34. The summed E-state index contributed by atoms with van der Waals surface area (Å²) in [6.45, 7) is 7.23. The molecule has 1 fully saturated rings. The van der Waals surface area contributed by atoms with Crippen molar-refractivity contribution < 1.29 is 4.70 Å². The van der Waals surface area contributed by atoms with Crippen molar-refractivity contribution in [2.45, 2.75) is 6.92 Å². The van der Waals surface area contributed by atoms with Gasteiger partial charge in [0.15, 0.2) is 6.54 Å². The molecule has 0 atom stereocenters. The Hall–Kier alpha value is -3.78. The molecule has 2 N–H and O–H groups in total. The fourth-order valence-electron chi connectivity index (χ4n) is 4.54. The zero-order valence-electron chi connectivity index (χ0n) is 18.9. The van der Waals surface area contributed by atoms with Crippen LogP contribution in [0, 0.1) is 0 Å². The van der Waals surface area contributed by atoms with Gasteiger partial charge < -0.3 is 20.1 Å². The van der Waals surface area contributed by atoms with Crippen LogP contribution < -0.4 is 10.2 Å². The van der Waals surface area contributed by atoms with Gasteiger partial charge in [-0.2, -0.15) is 4.98 Å². The highest BCUT2D eigenvalue weighted by Crippen LogP contribution is 2.41. The van der Waals surface area contributed by atoms with Gasteiger partial charge in [-0.25, -0.2) is 4.98 Å². The van der Waals surface area contributed by atoms with Crippen LogP contribution in [0.2, 0.25) is 0 Å². The number of nitrogens with one attached hydrogen (secondary N) is 2. The normalized spacial score (nSPS) is 15.8. The first-order valence-electron chi connectivity index (χ1n) is 11.5. The number of hydrogen-bond donors (Lipinski definition) is 2. The van der Waals surface area contributed by atoms with Gasteiger partial charge in [-0.05, 0) is 43.8 Å². The molecule has 2 aliphatic rings. The fourth-order valence-corrected chi connectivity index (χ4v) is 4.54. The van der Waals surface area contributed by atoms with E-state index in [0.717, 1.165) is 66.3 Å². The van der Waals surface area contributed by atoms with Crippen molar-refractivity contribution in [2.75, 3.05) is 50.0 Å². The van der Waals surface area contributed by atoms with E-state index in [0.29, 0.717) is 5.95 Å². The predicted molar refractivity (Wildman–Crippen MR) is 131 cm³/mol. The number of piperazine rings is 1. The van der Waals surface area contributed by atoms with Gasteiger partial charge in [-0.1, -0.05) is 16.8 Å². The van der Waals surface area contributed by atoms with Crippen molar-refractivity contribution in [2.24, 2.45) is 5.11 Å². The smallest absolute Gasteiger partial charge is 0.264 e. The maximum atomic E-state index is 4.73. The highest BCUT2D eigenvalue weighted by Gasteiger charge is 2.27. The molecule has 4 heterocycles. The number of benzene rings is 2. The van der Waals surface area contributed by atoms with Crippen LogP contribution in [-0.2, 0) is 0 Å². The second-order valence-corrected chi connectivity index (χ2v) is 8.64. The van der Waals surface area contributed by atoms with Gasteiger partial charge in [-0.15, -0.1) is 0 Å². The molecule has 8 heteroatoms. The van der Waals surface area contributed by atoms with Crippen molar-refractivity contribution in [3.05, 3.63) is 54.9 Å². The second-order valence-electron chi connectivity index (χ2n) is 8.64. The van der Waals surface area contributed by atoms with Crippen molar-refractivity contribution in [1.29, 1.82) is 0 Å². The summed E-state index contributed by atoms with van der Waals surface area (Å²) in [7, 11) is 2.17. The Kier molecular flexibility index (Phi) is 4.80. The predicted octanol–water partition coefficient (Wildman–Crippen LogP) is 4.88. The number of fused-ring (bicyclic) bond motifs is 2. The molecule has 0 unspecified atom stereocenters. The molecule has 0 saturated carbocycles. The number of nitrogens with zero attached hydrogens (tertiary/aromatic N) is 6. The quantitative estimate of drug-likeness (QED) is 0.434. The summed E-state index contributed by atoms with van der Waals surface area (Å²) in [6.07, 6.45) is 3.90. The van der Waals surface area contributed by atoms with Crippen LogP contribution in [-0.4, -0.2) is 64.3 Å². The van der Waals surface area contributed by atoms with Gasteiger partial charge >= 0.3 is 0 Å². The third-order valence-electron chi connectivity index (χ3n) is 6.50. The molecule has 0 spiro atoms. The van der Waals surface area contributed by atoms with E-state index in [9.17, 15) is 0 Å². The number of H-pyrrole nitrogens is 1. The summed E-state index contributed by atoms with van der Waals surface area (Å²) in [5, 5.41) is 8.85. The Bertz CT molecular complexity index is 1360. The van der Waals surface area contributed by atoms with E-state index in [1.165, 1.54) is 11.4 Å². The third-order valence-corrected chi connectivity index (χ3v) is 6.50. The molecule has 0 amide bonds. The molecule has 1 saturated heterocycles. The van der Waals surface area contributed by atoms with Crippen LogP contribution >= 0.6 is 0 Å². The van der Waals surface area contributed by atoms with Gasteiger partial charge in [-0.3, -0.25) is 0 Å². The maximum absolute atomic E-state index is 4.73. The van der Waals surface area contributed by atoms with Crippen LogP contribution in [0.15, 0.2) is 60.0 Å². The van der Waals surface area contributed by atoms with E-state index in [1.807, 2.05) is 17.1 Å². The minimum atomic E-state index is 0.583. The van der Waals surface area contributed by atoms with Gasteiger partial charge in [0.2, 0.25) is 11.6 Å². The van der Waals surface area contributed by atoms with Crippen LogP contribution in [0.4, 0.5) is 28.7 Å². The third kappa shape index (κ3) is 3.62. The van der Waals surface area contributed by atoms with Gasteiger partial charge in [0.1, 0.15) is 5.65 Å². The van der Waals surface area contributed by atoms with Gasteiger partial charge in [0, 0.05) is 72.1 Å². The number of hydrogen-bond acceptors (Lipinski definition) is 6. The molecule has 8 nitrogen and oxygen atoms in total. The van der Waals surface area contributed by atoms with Crippen LogP contribution in [0.1, 0.15) is 6.92 Å². The van der Waals surface area contributed by atoms with E-state index in [4.69, 9.17) is 4.98 Å². The minimum Gasteiger partial charge on any atom is -0.369 e. The summed E-state index contributed by atoms with van der Waals surface area (Å²) in [5.41, 5.74) is 7.48. The maximum Gasteiger partial charge on any atom is 0.264 e. The van der Waals surface area contributed by atoms with Crippen molar-refractivity contribution in [3.8, 4) is 11.1 Å². The van der Waals surface area contributed by atoms with E-state index >= 15 is 0 Å². The zero-order valence-corrected chi connectivity index (χ0v) is 18.9. The monoisotopic (exact) mass is 439 g/mol. The molecule has 33 heavy (non-hydrogen) atoms. The average Bonchev–Trinajstić information content (AvgIpc) is 3.24. The van der Waals surface area contributed by atoms with Crippen molar-refractivity contribution >= 4 is 39.7 Å². The number of rotatable bonds is 5. The topological polar surface area (TPSA) is 75.5 Å². The Labute approximate surface area is 192 Å². The van der Waals surface area contributed by atoms with Crippen LogP contribution in [0.5, 0.6) is 0 Å². The molecule has 0 radical (unpaired) electrons. The second kappa shape index (κ2) is 7.97. The lowest BCUT2D eigenvalue weighted by Crippen LogP contribution is -2.44. The molecule has 0 aliphatic carbocycles. The molecular weight excluding hydrogens is 412 g/mol. The summed E-state index contributed by atoms with van der Waals surface area (Å²) >= 11 is 0. The van der Waals surface area contributed by atoms with Crippen LogP contribution in [0.25, 0.3) is 22.2 Å². The highest BCUT2D eigenvalue weighted by atomic mass is 15.3.